The van der Waals surface area contributed by atoms with Crippen molar-refractivity contribution < 1.29 is 19.8 Å². The van der Waals surface area contributed by atoms with Crippen LogP contribution in [0.25, 0.3) is 33.9 Å². The van der Waals surface area contributed by atoms with Gasteiger partial charge < -0.3 is 15.2 Å². The van der Waals surface area contributed by atoms with Crippen LogP contribution in [0, 0.1) is 18.3 Å². The Morgan fingerprint density at radius 2 is 1.70 bits per heavy atom. The Morgan fingerprint density at radius 1 is 1.06 bits per heavy atom. The first-order valence-electron chi connectivity index (χ1n) is 9.77. The van der Waals surface area contributed by atoms with Crippen molar-refractivity contribution in [3.05, 3.63) is 71.7 Å². The molecular weight excluding hydrogens is 422 g/mol. The number of imidazole rings is 1. The summed E-state index contributed by atoms with van der Waals surface area (Å²) >= 11 is 0. The summed E-state index contributed by atoms with van der Waals surface area (Å²) in [6, 6.07) is 18.1. The van der Waals surface area contributed by atoms with Gasteiger partial charge in [-0.1, -0.05) is 36.4 Å². The minimum atomic E-state index is -0.833. The van der Waals surface area contributed by atoms with Crippen molar-refractivity contribution in [1.29, 1.82) is 5.26 Å². The average molecular weight is 445 g/mol. The van der Waals surface area contributed by atoms with Crippen LogP contribution in [0.3, 0.4) is 0 Å². The second kappa shape index (κ2) is 11.6. The quantitative estimate of drug-likeness (QED) is 0.338. The number of aryl methyl sites for hydroxylation is 1. The molecule has 0 radical (unpaired) electrons. The Kier molecular flexibility index (Phi) is 8.65. The number of carbonyl (C=O) groups is 2. The fourth-order valence-electron chi connectivity index (χ4n) is 2.80. The molecule has 0 aliphatic carbocycles. The van der Waals surface area contributed by atoms with E-state index < -0.39 is 11.9 Å². The first-order chi connectivity index (χ1) is 15.7. The molecule has 0 unspecified atom stereocenters. The molecule has 0 aliphatic heterocycles. The number of hydrogen-bond acceptors (Lipinski definition) is 5. The van der Waals surface area contributed by atoms with Gasteiger partial charge in [-0.25, -0.2) is 4.98 Å². The van der Waals surface area contributed by atoms with Crippen LogP contribution in [-0.4, -0.2) is 42.3 Å². The zero-order valence-corrected chi connectivity index (χ0v) is 18.3. The van der Waals surface area contributed by atoms with Crippen molar-refractivity contribution in [1.82, 2.24) is 20.2 Å². The Hall–Kier alpha value is -4.71. The van der Waals surface area contributed by atoms with Crippen LogP contribution in [-0.2, 0) is 9.59 Å². The van der Waals surface area contributed by atoms with Crippen LogP contribution in [0.15, 0.2) is 54.7 Å². The van der Waals surface area contributed by atoms with Crippen LogP contribution < -0.4 is 0 Å². The predicted molar refractivity (Wildman–Crippen MR) is 125 cm³/mol. The zero-order chi connectivity index (χ0) is 24.4. The first kappa shape index (κ1) is 24.6. The Balaban J connectivity index is 0.000000420. The van der Waals surface area contributed by atoms with Crippen molar-refractivity contribution >= 4 is 34.6 Å². The average Bonchev–Trinajstić information content (AvgIpc) is 3.38. The molecule has 0 spiro atoms. The number of allylic oxidation sites excluding steroid dienone is 1. The fraction of sp³-hybridized carbons (Fsp3) is 0.125. The summed E-state index contributed by atoms with van der Waals surface area (Å²) in [5.74, 6) is -1.11. The molecule has 0 bridgehead atoms. The molecule has 4 rings (SSSR count). The van der Waals surface area contributed by atoms with Gasteiger partial charge in [0.2, 0.25) is 0 Å². The van der Waals surface area contributed by atoms with Crippen molar-refractivity contribution in [3.63, 3.8) is 0 Å². The lowest BCUT2D eigenvalue weighted by atomic mass is 10.1. The maximum absolute atomic E-state index is 9.61. The highest BCUT2D eigenvalue weighted by molar-refractivity contribution is 5.92. The molecule has 33 heavy (non-hydrogen) atoms. The largest absolute Gasteiger partial charge is 0.481 e. The second-order valence-electron chi connectivity index (χ2n) is 6.88. The Morgan fingerprint density at radius 3 is 2.30 bits per heavy atom. The molecule has 168 valence electrons. The molecule has 0 fully saturated rings. The van der Waals surface area contributed by atoms with Crippen molar-refractivity contribution in [3.8, 4) is 17.3 Å². The second-order valence-corrected chi connectivity index (χ2v) is 6.88. The van der Waals surface area contributed by atoms with Crippen LogP contribution in [0.5, 0.6) is 0 Å². The number of aliphatic carboxylic acids is 2. The van der Waals surface area contributed by atoms with E-state index in [4.69, 9.17) is 19.8 Å². The standard InChI is InChI=1S/C20H15N5.2C2H4O2/c1-13-7-8-17-18(9-13)24-20(23-17)15(11-21)10-16-12-22-25-19(16)14-5-3-2-4-6-14;2*1-2(3)4/h2-10,12H,1H3,(H,22,25)(H,23,24);2*1H3,(H,3,4). The molecule has 0 atom stereocenters. The van der Waals surface area contributed by atoms with Gasteiger partial charge in [-0.3, -0.25) is 14.7 Å². The molecule has 2 aromatic carbocycles. The molecule has 0 amide bonds. The highest BCUT2D eigenvalue weighted by Crippen LogP contribution is 2.25. The summed E-state index contributed by atoms with van der Waals surface area (Å²) in [6.45, 7) is 4.19. The molecule has 2 aromatic heterocycles. The Labute approximate surface area is 190 Å². The smallest absolute Gasteiger partial charge is 0.300 e. The number of aromatic amines is 2. The van der Waals surface area contributed by atoms with Crippen molar-refractivity contribution in [2.24, 2.45) is 0 Å². The maximum atomic E-state index is 9.61. The topological polar surface area (TPSA) is 156 Å². The summed E-state index contributed by atoms with van der Waals surface area (Å²) in [5.41, 5.74) is 6.12. The molecule has 2 heterocycles. The monoisotopic (exact) mass is 445 g/mol. The first-order valence-corrected chi connectivity index (χ1v) is 9.77. The zero-order valence-electron chi connectivity index (χ0n) is 18.3. The number of carboxylic acid groups (broad SMARTS) is 2. The molecule has 9 heteroatoms. The van der Waals surface area contributed by atoms with Gasteiger partial charge >= 0.3 is 0 Å². The summed E-state index contributed by atoms with van der Waals surface area (Å²) in [7, 11) is 0. The number of nitriles is 1. The number of H-pyrrole nitrogens is 2. The molecule has 4 N–H and O–H groups in total. The van der Waals surface area contributed by atoms with Crippen LogP contribution >= 0.6 is 0 Å². The van der Waals surface area contributed by atoms with Gasteiger partial charge in [-0.15, -0.1) is 0 Å². The highest BCUT2D eigenvalue weighted by Gasteiger charge is 2.11. The maximum Gasteiger partial charge on any atom is 0.300 e. The molecule has 9 nitrogen and oxygen atoms in total. The number of nitrogens with zero attached hydrogens (tertiary/aromatic N) is 3. The van der Waals surface area contributed by atoms with Crippen LogP contribution in [0.1, 0.15) is 30.8 Å². The number of benzene rings is 2. The lowest BCUT2D eigenvalue weighted by Crippen LogP contribution is -1.86. The molecule has 0 saturated heterocycles. The van der Waals surface area contributed by atoms with Crippen LogP contribution in [0.4, 0.5) is 0 Å². The van der Waals surface area contributed by atoms with Gasteiger partial charge in [-0.2, -0.15) is 10.4 Å². The van der Waals surface area contributed by atoms with Crippen molar-refractivity contribution in [2.45, 2.75) is 20.8 Å². The number of nitrogens with one attached hydrogen (secondary N) is 2. The van der Waals surface area contributed by atoms with Gasteiger partial charge in [0.25, 0.3) is 11.9 Å². The van der Waals surface area contributed by atoms with E-state index in [1.54, 1.807) is 12.3 Å². The number of carboxylic acids is 2. The number of fused-ring (bicyclic) bond motifs is 1. The number of rotatable bonds is 3. The summed E-state index contributed by atoms with van der Waals surface area (Å²) in [6.07, 6.45) is 3.52. The van der Waals surface area contributed by atoms with E-state index in [0.717, 1.165) is 47.3 Å². The molecular formula is C24H23N5O4. The summed E-state index contributed by atoms with van der Waals surface area (Å²) in [5, 5.41) is 31.6. The van der Waals surface area contributed by atoms with Gasteiger partial charge in [0.1, 0.15) is 11.9 Å². The lowest BCUT2D eigenvalue weighted by molar-refractivity contribution is -0.135. The number of aromatic nitrogens is 4. The molecule has 4 aromatic rings. The van der Waals surface area contributed by atoms with Gasteiger partial charge in [0.15, 0.2) is 0 Å². The third-order valence-electron chi connectivity index (χ3n) is 4.04. The van der Waals surface area contributed by atoms with E-state index >= 15 is 0 Å². The summed E-state index contributed by atoms with van der Waals surface area (Å²) in [4.78, 5) is 25.8. The minimum absolute atomic E-state index is 0.465. The van der Waals surface area contributed by atoms with E-state index in [1.165, 1.54) is 0 Å². The predicted octanol–water partition coefficient (Wildman–Crippen LogP) is 4.51. The van der Waals surface area contributed by atoms with E-state index in [2.05, 4.69) is 26.2 Å². The normalized spacial score (nSPS) is 10.3. The third-order valence-corrected chi connectivity index (χ3v) is 4.04. The van der Waals surface area contributed by atoms with Gasteiger partial charge in [0.05, 0.1) is 28.5 Å². The van der Waals surface area contributed by atoms with E-state index in [-0.39, 0.29) is 0 Å². The van der Waals surface area contributed by atoms with Gasteiger partial charge in [-0.05, 0) is 30.7 Å². The lowest BCUT2D eigenvalue weighted by Gasteiger charge is -2.00. The van der Waals surface area contributed by atoms with Crippen LogP contribution in [0.2, 0.25) is 0 Å². The fourth-order valence-corrected chi connectivity index (χ4v) is 2.80. The molecule has 0 saturated carbocycles. The summed E-state index contributed by atoms with van der Waals surface area (Å²) < 4.78 is 0. The van der Waals surface area contributed by atoms with E-state index in [1.807, 2.05) is 55.5 Å². The number of hydrogen-bond donors (Lipinski definition) is 4. The highest BCUT2D eigenvalue weighted by atomic mass is 16.4. The minimum Gasteiger partial charge on any atom is -0.481 e. The third kappa shape index (κ3) is 7.48. The molecule has 0 aliphatic rings. The SMILES string of the molecule is CC(=O)O.CC(=O)O.Cc1ccc2nc(C(C#N)=Cc3cn[nH]c3-c3ccccc3)[nH]c2c1. The Bertz CT molecular complexity index is 1290. The van der Waals surface area contributed by atoms with E-state index in [0.29, 0.717) is 11.4 Å². The van der Waals surface area contributed by atoms with E-state index in [9.17, 15) is 5.26 Å². The van der Waals surface area contributed by atoms with Crippen molar-refractivity contribution in [2.75, 3.05) is 0 Å². The van der Waals surface area contributed by atoms with Gasteiger partial charge in [0, 0.05) is 25.0 Å².